The molecule has 0 bridgehead atoms. The van der Waals surface area contributed by atoms with Crippen molar-refractivity contribution in [3.05, 3.63) is 53.6 Å². The van der Waals surface area contributed by atoms with Crippen LogP contribution >= 0.6 is 0 Å². The monoisotopic (exact) mass is 428 g/mol. The van der Waals surface area contributed by atoms with E-state index < -0.39 is 12.1 Å². The molecule has 7 heteroatoms. The molecular formula is C24H32N2O5. The van der Waals surface area contributed by atoms with Crippen LogP contribution in [0, 0.1) is 0 Å². The van der Waals surface area contributed by atoms with E-state index in [2.05, 4.69) is 9.80 Å². The number of aromatic carboxylic acids is 1. The van der Waals surface area contributed by atoms with Crippen LogP contribution in [0.1, 0.15) is 36.7 Å². The van der Waals surface area contributed by atoms with E-state index in [4.69, 9.17) is 4.74 Å². The first kappa shape index (κ1) is 22.9. The second kappa shape index (κ2) is 9.58. The molecule has 0 spiro atoms. The number of benzene rings is 2. The minimum atomic E-state index is -0.922. The molecule has 0 amide bonds. The quantitative estimate of drug-likeness (QED) is 0.624. The number of phenolic OH excluding ortho intramolecular Hbond substituents is 1. The van der Waals surface area contributed by atoms with Crippen molar-refractivity contribution in [2.75, 3.05) is 44.2 Å². The Morgan fingerprint density at radius 1 is 1.10 bits per heavy atom. The number of aliphatic hydroxyl groups is 1. The zero-order valence-electron chi connectivity index (χ0n) is 18.4. The molecule has 0 radical (unpaired) electrons. The Hall–Kier alpha value is -2.77. The van der Waals surface area contributed by atoms with Gasteiger partial charge in [0.05, 0.1) is 11.3 Å². The number of hydrogen-bond acceptors (Lipinski definition) is 6. The van der Waals surface area contributed by atoms with Crippen molar-refractivity contribution < 1.29 is 24.9 Å². The van der Waals surface area contributed by atoms with Gasteiger partial charge in [0.1, 0.15) is 24.2 Å². The van der Waals surface area contributed by atoms with E-state index in [-0.39, 0.29) is 17.8 Å². The molecule has 1 aliphatic heterocycles. The number of aromatic hydroxyl groups is 1. The molecule has 1 aliphatic rings. The summed E-state index contributed by atoms with van der Waals surface area (Å²) in [6.45, 7) is 9.58. The van der Waals surface area contributed by atoms with Gasteiger partial charge in [-0.1, -0.05) is 32.9 Å². The van der Waals surface area contributed by atoms with Crippen LogP contribution in [0.15, 0.2) is 42.5 Å². The Morgan fingerprint density at radius 3 is 2.42 bits per heavy atom. The number of piperazine rings is 1. The summed E-state index contributed by atoms with van der Waals surface area (Å²) >= 11 is 0. The van der Waals surface area contributed by atoms with Crippen LogP contribution in [-0.4, -0.2) is 71.6 Å². The molecule has 1 saturated heterocycles. The van der Waals surface area contributed by atoms with Gasteiger partial charge in [-0.25, -0.2) is 4.79 Å². The van der Waals surface area contributed by atoms with Gasteiger partial charge in [-0.15, -0.1) is 0 Å². The lowest BCUT2D eigenvalue weighted by atomic mass is 9.86. The number of ether oxygens (including phenoxy) is 1. The van der Waals surface area contributed by atoms with Crippen molar-refractivity contribution in [3.63, 3.8) is 0 Å². The molecule has 1 heterocycles. The molecule has 1 fully saturated rings. The predicted octanol–water partition coefficient (Wildman–Crippen LogP) is 2.95. The number of anilines is 1. The van der Waals surface area contributed by atoms with Gasteiger partial charge in [0.2, 0.25) is 0 Å². The number of carboxylic acids is 1. The fraction of sp³-hybridized carbons (Fsp3) is 0.458. The summed E-state index contributed by atoms with van der Waals surface area (Å²) in [6, 6.07) is 12.2. The average Bonchev–Trinajstić information content (AvgIpc) is 2.73. The van der Waals surface area contributed by atoms with Crippen molar-refractivity contribution in [3.8, 4) is 11.5 Å². The molecule has 3 N–H and O–H groups in total. The number of nitrogens with zero attached hydrogens (tertiary/aromatic N) is 2. The smallest absolute Gasteiger partial charge is 0.337 e. The fourth-order valence-corrected chi connectivity index (χ4v) is 3.85. The van der Waals surface area contributed by atoms with Crippen molar-refractivity contribution in [2.45, 2.75) is 32.3 Å². The lowest BCUT2D eigenvalue weighted by molar-refractivity contribution is 0.0661. The topological polar surface area (TPSA) is 93.5 Å². The Kier molecular flexibility index (Phi) is 7.08. The molecule has 31 heavy (non-hydrogen) atoms. The molecular weight excluding hydrogens is 396 g/mol. The lowest BCUT2D eigenvalue weighted by Crippen LogP contribution is -2.49. The molecule has 7 nitrogen and oxygen atoms in total. The fourth-order valence-electron chi connectivity index (χ4n) is 3.85. The van der Waals surface area contributed by atoms with Crippen LogP contribution in [0.4, 0.5) is 5.69 Å². The Morgan fingerprint density at radius 2 is 1.77 bits per heavy atom. The van der Waals surface area contributed by atoms with Crippen molar-refractivity contribution in [2.24, 2.45) is 0 Å². The third kappa shape index (κ3) is 5.89. The zero-order valence-corrected chi connectivity index (χ0v) is 18.4. The van der Waals surface area contributed by atoms with Crippen LogP contribution in [0.25, 0.3) is 0 Å². The summed E-state index contributed by atoms with van der Waals surface area (Å²) in [4.78, 5) is 15.7. The van der Waals surface area contributed by atoms with E-state index in [0.717, 1.165) is 24.3 Å². The van der Waals surface area contributed by atoms with Gasteiger partial charge < -0.3 is 25.0 Å². The van der Waals surface area contributed by atoms with Gasteiger partial charge >= 0.3 is 5.97 Å². The number of phenols is 1. The molecule has 1 unspecified atom stereocenters. The van der Waals surface area contributed by atoms with E-state index in [0.29, 0.717) is 30.9 Å². The van der Waals surface area contributed by atoms with E-state index in [1.165, 1.54) is 0 Å². The highest BCUT2D eigenvalue weighted by Crippen LogP contribution is 2.33. The normalized spacial score (nSPS) is 16.2. The van der Waals surface area contributed by atoms with Crippen LogP contribution < -0.4 is 9.64 Å². The molecule has 2 aromatic rings. The SMILES string of the molecule is CC(C)(C)c1cc(OCC(O)CN2CCN(c3ccccc3C(=O)O)CC2)ccc1O. The predicted molar refractivity (Wildman–Crippen MR) is 120 cm³/mol. The van der Waals surface area contributed by atoms with Gasteiger partial charge in [0, 0.05) is 38.3 Å². The molecule has 3 rings (SSSR count). The summed E-state index contributed by atoms with van der Waals surface area (Å²) in [5.74, 6) is -0.0611. The second-order valence-corrected chi connectivity index (χ2v) is 9.00. The van der Waals surface area contributed by atoms with Crippen LogP contribution in [0.2, 0.25) is 0 Å². The molecule has 2 aromatic carbocycles. The van der Waals surface area contributed by atoms with E-state index in [1.807, 2.05) is 39.0 Å². The van der Waals surface area contributed by atoms with Crippen molar-refractivity contribution in [1.29, 1.82) is 0 Å². The standard InChI is InChI=1S/C24H32N2O5/c1-24(2,3)20-14-18(8-9-22(20)28)31-16-17(27)15-25-10-12-26(13-11-25)21-7-5-4-6-19(21)23(29)30/h4-9,14,17,27-28H,10-13,15-16H2,1-3H3,(H,29,30). The first-order chi connectivity index (χ1) is 14.6. The first-order valence-electron chi connectivity index (χ1n) is 10.6. The minimum absolute atomic E-state index is 0.163. The third-order valence-electron chi connectivity index (χ3n) is 5.53. The van der Waals surface area contributed by atoms with E-state index >= 15 is 0 Å². The van der Waals surface area contributed by atoms with Gasteiger partial charge in [-0.3, -0.25) is 4.90 Å². The Balaban J connectivity index is 1.50. The van der Waals surface area contributed by atoms with Gasteiger partial charge in [-0.2, -0.15) is 0 Å². The highest BCUT2D eigenvalue weighted by atomic mass is 16.5. The maximum atomic E-state index is 11.5. The number of carbonyl (C=O) groups is 1. The second-order valence-electron chi connectivity index (χ2n) is 9.00. The molecule has 0 saturated carbocycles. The highest BCUT2D eigenvalue weighted by Gasteiger charge is 2.23. The van der Waals surface area contributed by atoms with Crippen LogP contribution in [-0.2, 0) is 5.41 Å². The molecule has 0 aromatic heterocycles. The maximum absolute atomic E-state index is 11.5. The maximum Gasteiger partial charge on any atom is 0.337 e. The number of rotatable bonds is 7. The summed E-state index contributed by atoms with van der Waals surface area (Å²) in [5, 5.41) is 29.9. The first-order valence-corrected chi connectivity index (χ1v) is 10.6. The number of carboxylic acid groups (broad SMARTS) is 1. The molecule has 168 valence electrons. The lowest BCUT2D eigenvalue weighted by Gasteiger charge is -2.37. The number of para-hydroxylation sites is 1. The van der Waals surface area contributed by atoms with E-state index in [1.54, 1.807) is 24.3 Å². The summed E-state index contributed by atoms with van der Waals surface area (Å²) in [5.41, 5.74) is 1.65. The Bertz CT molecular complexity index is 901. The number of β-amino-alcohol motifs (C(OH)–C–C–N with tert-alkyl or cyclic N) is 1. The van der Waals surface area contributed by atoms with Crippen LogP contribution in [0.5, 0.6) is 11.5 Å². The summed E-state index contributed by atoms with van der Waals surface area (Å²) in [7, 11) is 0. The van der Waals surface area contributed by atoms with Crippen molar-refractivity contribution >= 4 is 11.7 Å². The largest absolute Gasteiger partial charge is 0.508 e. The highest BCUT2D eigenvalue weighted by molar-refractivity contribution is 5.94. The van der Waals surface area contributed by atoms with Gasteiger partial charge in [0.15, 0.2) is 0 Å². The van der Waals surface area contributed by atoms with Crippen molar-refractivity contribution in [1.82, 2.24) is 4.90 Å². The van der Waals surface area contributed by atoms with E-state index in [9.17, 15) is 20.1 Å². The average molecular weight is 429 g/mol. The minimum Gasteiger partial charge on any atom is -0.508 e. The van der Waals surface area contributed by atoms with Gasteiger partial charge in [-0.05, 0) is 35.7 Å². The number of hydrogen-bond donors (Lipinski definition) is 3. The zero-order chi connectivity index (χ0) is 22.6. The Labute approximate surface area is 183 Å². The summed E-state index contributed by atoms with van der Waals surface area (Å²) < 4.78 is 5.77. The molecule has 1 atom stereocenters. The number of aliphatic hydroxyl groups excluding tert-OH is 1. The van der Waals surface area contributed by atoms with Gasteiger partial charge in [0.25, 0.3) is 0 Å². The third-order valence-corrected chi connectivity index (χ3v) is 5.53. The molecule has 0 aliphatic carbocycles. The van der Waals surface area contributed by atoms with Crippen LogP contribution in [0.3, 0.4) is 0 Å². The summed E-state index contributed by atoms with van der Waals surface area (Å²) in [6.07, 6.45) is -0.648.